The minimum atomic E-state index is -1.23. The fourth-order valence-electron chi connectivity index (χ4n) is 2.20. The Labute approximate surface area is 132 Å². The molecule has 0 amide bonds. The van der Waals surface area contributed by atoms with Crippen molar-refractivity contribution >= 4 is 17.8 Å². The molecule has 0 unspecified atom stereocenters. The van der Waals surface area contributed by atoms with Crippen molar-refractivity contribution in [1.82, 2.24) is 0 Å². The Morgan fingerprint density at radius 2 is 1.57 bits per heavy atom. The summed E-state index contributed by atoms with van der Waals surface area (Å²) in [4.78, 5) is 22.9. The van der Waals surface area contributed by atoms with Crippen LogP contribution in [0.2, 0.25) is 0 Å². The number of hydrogen-bond acceptors (Lipinski definition) is 5. The molecule has 0 spiro atoms. The lowest BCUT2D eigenvalue weighted by molar-refractivity contribution is -0.255. The van der Waals surface area contributed by atoms with Gasteiger partial charge in [0.05, 0.1) is 5.97 Å². The second-order valence-corrected chi connectivity index (χ2v) is 4.97. The zero-order valence-electron chi connectivity index (χ0n) is 12.2. The fourth-order valence-corrected chi connectivity index (χ4v) is 2.20. The predicted molar refractivity (Wildman–Crippen MR) is 81.6 cm³/mol. The Bertz CT molecular complexity index is 774. The van der Waals surface area contributed by atoms with Gasteiger partial charge in [-0.05, 0) is 35.4 Å². The molecule has 0 aromatic heterocycles. The topological polar surface area (TPSA) is 75.7 Å². The van der Waals surface area contributed by atoms with Crippen LogP contribution in [0.25, 0.3) is 6.08 Å². The van der Waals surface area contributed by atoms with Crippen molar-refractivity contribution in [3.63, 3.8) is 0 Å². The molecule has 0 radical (unpaired) electrons. The van der Waals surface area contributed by atoms with Gasteiger partial charge in [0, 0.05) is 5.56 Å². The van der Waals surface area contributed by atoms with E-state index >= 15 is 0 Å². The van der Waals surface area contributed by atoms with Gasteiger partial charge in [-0.2, -0.15) is 0 Å². The van der Waals surface area contributed by atoms with Crippen molar-refractivity contribution in [1.29, 1.82) is 0 Å². The third-order valence-corrected chi connectivity index (χ3v) is 3.40. The lowest BCUT2D eigenvalue weighted by atomic mass is 10.1. The molecule has 5 nitrogen and oxygen atoms in total. The maximum atomic E-state index is 12.2. The molecule has 0 bridgehead atoms. The SMILES string of the molecule is O=C([O-])c1ccc(/C=C/C(=O)c2ccc3c(c2)OCCO3)cc1. The molecule has 1 heterocycles. The van der Waals surface area contributed by atoms with Gasteiger partial charge in [-0.1, -0.05) is 30.3 Å². The molecule has 1 aliphatic rings. The lowest BCUT2D eigenvalue weighted by Crippen LogP contribution is -2.21. The molecule has 23 heavy (non-hydrogen) atoms. The second kappa shape index (κ2) is 6.36. The Hall–Kier alpha value is -3.08. The quantitative estimate of drug-likeness (QED) is 0.635. The monoisotopic (exact) mass is 309 g/mol. The highest BCUT2D eigenvalue weighted by Gasteiger charge is 2.13. The third-order valence-electron chi connectivity index (χ3n) is 3.40. The van der Waals surface area contributed by atoms with Crippen molar-refractivity contribution in [2.24, 2.45) is 0 Å². The highest BCUT2D eigenvalue weighted by Crippen LogP contribution is 2.30. The van der Waals surface area contributed by atoms with E-state index in [2.05, 4.69) is 0 Å². The van der Waals surface area contributed by atoms with Crippen LogP contribution in [0, 0.1) is 0 Å². The smallest absolute Gasteiger partial charge is 0.185 e. The molecular weight excluding hydrogens is 296 g/mol. The number of allylic oxidation sites excluding steroid dienone is 1. The van der Waals surface area contributed by atoms with E-state index in [0.29, 0.717) is 30.3 Å². The highest BCUT2D eigenvalue weighted by molar-refractivity contribution is 6.07. The number of aromatic carboxylic acids is 1. The summed E-state index contributed by atoms with van der Waals surface area (Å²) in [6.45, 7) is 0.966. The van der Waals surface area contributed by atoms with Gasteiger partial charge < -0.3 is 19.4 Å². The molecule has 2 aromatic rings. The first-order valence-electron chi connectivity index (χ1n) is 7.07. The van der Waals surface area contributed by atoms with E-state index in [9.17, 15) is 14.7 Å². The number of ether oxygens (including phenoxy) is 2. The summed E-state index contributed by atoms with van der Waals surface area (Å²) in [7, 11) is 0. The maximum Gasteiger partial charge on any atom is 0.185 e. The molecule has 0 aliphatic carbocycles. The molecule has 116 valence electrons. The molecule has 0 atom stereocenters. The van der Waals surface area contributed by atoms with Crippen LogP contribution < -0.4 is 14.6 Å². The zero-order chi connectivity index (χ0) is 16.2. The van der Waals surface area contributed by atoms with Crippen molar-refractivity contribution in [2.75, 3.05) is 13.2 Å². The normalized spacial score (nSPS) is 13.0. The summed E-state index contributed by atoms with van der Waals surface area (Å²) < 4.78 is 10.9. The molecule has 1 aliphatic heterocycles. The largest absolute Gasteiger partial charge is 0.545 e. The maximum absolute atomic E-state index is 12.2. The van der Waals surface area contributed by atoms with Gasteiger partial charge >= 0.3 is 0 Å². The summed E-state index contributed by atoms with van der Waals surface area (Å²) in [6.07, 6.45) is 3.05. The van der Waals surface area contributed by atoms with E-state index in [1.54, 1.807) is 36.4 Å². The number of benzene rings is 2. The van der Waals surface area contributed by atoms with Gasteiger partial charge in [0.1, 0.15) is 13.2 Å². The van der Waals surface area contributed by atoms with Crippen LogP contribution in [0.4, 0.5) is 0 Å². The molecule has 0 saturated carbocycles. The van der Waals surface area contributed by atoms with Gasteiger partial charge in [0.25, 0.3) is 0 Å². The average molecular weight is 309 g/mol. The van der Waals surface area contributed by atoms with E-state index in [-0.39, 0.29) is 11.3 Å². The molecule has 2 aromatic carbocycles. The van der Waals surface area contributed by atoms with Gasteiger partial charge in [0.2, 0.25) is 0 Å². The Morgan fingerprint density at radius 1 is 0.913 bits per heavy atom. The fraction of sp³-hybridized carbons (Fsp3) is 0.111. The first-order valence-corrected chi connectivity index (χ1v) is 7.07. The van der Waals surface area contributed by atoms with Gasteiger partial charge in [-0.25, -0.2) is 0 Å². The summed E-state index contributed by atoms with van der Waals surface area (Å²) in [5.74, 6) is -0.206. The predicted octanol–water partition coefficient (Wildman–Crippen LogP) is 1.72. The summed E-state index contributed by atoms with van der Waals surface area (Å²) >= 11 is 0. The average Bonchev–Trinajstić information content (AvgIpc) is 2.59. The molecule has 3 rings (SSSR count). The first kappa shape index (κ1) is 14.8. The molecule has 0 saturated heterocycles. The van der Waals surface area contributed by atoms with Crippen LogP contribution in [0.15, 0.2) is 48.5 Å². The van der Waals surface area contributed by atoms with Crippen LogP contribution in [-0.2, 0) is 0 Å². The third kappa shape index (κ3) is 3.40. The Balaban J connectivity index is 1.74. The molecule has 5 heteroatoms. The molecular formula is C18H13O5-. The first-order chi connectivity index (χ1) is 11.1. The van der Waals surface area contributed by atoms with Crippen LogP contribution in [0.5, 0.6) is 11.5 Å². The van der Waals surface area contributed by atoms with Gasteiger partial charge in [-0.3, -0.25) is 4.79 Å². The number of carboxylic acid groups (broad SMARTS) is 1. The van der Waals surface area contributed by atoms with Crippen molar-refractivity contribution in [3.05, 3.63) is 65.2 Å². The van der Waals surface area contributed by atoms with E-state index in [0.717, 1.165) is 5.56 Å². The number of carboxylic acids is 1. The highest BCUT2D eigenvalue weighted by atomic mass is 16.6. The minimum Gasteiger partial charge on any atom is -0.545 e. The summed E-state index contributed by atoms with van der Waals surface area (Å²) in [5.41, 5.74) is 1.32. The number of carbonyl (C=O) groups is 2. The minimum absolute atomic E-state index is 0.0975. The van der Waals surface area contributed by atoms with Gasteiger partial charge in [0.15, 0.2) is 17.3 Å². The van der Waals surface area contributed by atoms with E-state index in [1.165, 1.54) is 18.2 Å². The van der Waals surface area contributed by atoms with Crippen LogP contribution in [0.1, 0.15) is 26.3 Å². The van der Waals surface area contributed by atoms with Crippen LogP contribution in [-0.4, -0.2) is 25.0 Å². The standard InChI is InChI=1S/C18H14O5/c19-15(7-3-12-1-4-13(5-2-12)18(20)21)14-6-8-16-17(11-14)23-10-9-22-16/h1-8,11H,9-10H2,(H,20,21)/p-1/b7-3+. The van der Waals surface area contributed by atoms with Crippen molar-refractivity contribution < 1.29 is 24.2 Å². The van der Waals surface area contributed by atoms with Gasteiger partial charge in [-0.15, -0.1) is 0 Å². The Kier molecular flexibility index (Phi) is 4.10. The molecule has 0 fully saturated rings. The number of rotatable bonds is 4. The summed E-state index contributed by atoms with van der Waals surface area (Å²) in [5, 5.41) is 10.7. The van der Waals surface area contributed by atoms with E-state index < -0.39 is 5.97 Å². The van der Waals surface area contributed by atoms with E-state index in [1.807, 2.05) is 0 Å². The number of fused-ring (bicyclic) bond motifs is 1. The van der Waals surface area contributed by atoms with Crippen LogP contribution in [0.3, 0.4) is 0 Å². The number of carbonyl (C=O) groups excluding carboxylic acids is 2. The second-order valence-electron chi connectivity index (χ2n) is 4.97. The van der Waals surface area contributed by atoms with Crippen molar-refractivity contribution in [3.8, 4) is 11.5 Å². The van der Waals surface area contributed by atoms with Crippen LogP contribution >= 0.6 is 0 Å². The number of ketones is 1. The lowest BCUT2D eigenvalue weighted by Gasteiger charge is -2.18. The van der Waals surface area contributed by atoms with E-state index in [4.69, 9.17) is 9.47 Å². The zero-order valence-corrected chi connectivity index (χ0v) is 12.2. The Morgan fingerprint density at radius 3 is 2.26 bits per heavy atom. The van der Waals surface area contributed by atoms with Crippen molar-refractivity contribution in [2.45, 2.75) is 0 Å². The molecule has 0 N–H and O–H groups in total. The summed E-state index contributed by atoms with van der Waals surface area (Å²) in [6, 6.07) is 11.1. The number of hydrogen-bond donors (Lipinski definition) is 0.